The van der Waals surface area contributed by atoms with Gasteiger partial charge in [-0.2, -0.15) is 0 Å². The van der Waals surface area contributed by atoms with Crippen LogP contribution >= 0.6 is 0 Å². The van der Waals surface area contributed by atoms with Crippen LogP contribution in [0.2, 0.25) is 0 Å². The van der Waals surface area contributed by atoms with E-state index in [9.17, 15) is 9.18 Å². The van der Waals surface area contributed by atoms with Gasteiger partial charge in [-0.1, -0.05) is 12.1 Å². The van der Waals surface area contributed by atoms with Crippen molar-refractivity contribution in [3.63, 3.8) is 0 Å². The monoisotopic (exact) mass is 358 g/mol. The SMILES string of the molecule is COc1ccc(N(C)C(=O)O[C@H]2CCCN2C)c(-c2cccc(F)c2)c1. The van der Waals surface area contributed by atoms with Crippen LogP contribution in [0.15, 0.2) is 42.5 Å². The first-order chi connectivity index (χ1) is 12.5. The minimum Gasteiger partial charge on any atom is -0.497 e. The van der Waals surface area contributed by atoms with Crippen LogP contribution in [0.4, 0.5) is 14.9 Å². The van der Waals surface area contributed by atoms with Gasteiger partial charge in [0.1, 0.15) is 11.6 Å². The van der Waals surface area contributed by atoms with Crippen LogP contribution < -0.4 is 9.64 Å². The van der Waals surface area contributed by atoms with Crippen molar-refractivity contribution in [3.8, 4) is 16.9 Å². The third-order valence-corrected chi connectivity index (χ3v) is 4.66. The molecule has 0 aromatic heterocycles. The number of halogens is 1. The lowest BCUT2D eigenvalue weighted by molar-refractivity contribution is 0.0315. The summed E-state index contributed by atoms with van der Waals surface area (Å²) in [7, 11) is 5.16. The summed E-state index contributed by atoms with van der Waals surface area (Å²) in [5.74, 6) is 0.291. The first-order valence-corrected chi connectivity index (χ1v) is 8.58. The number of likely N-dealkylation sites (tertiary alicyclic amines) is 1. The topological polar surface area (TPSA) is 42.0 Å². The molecule has 138 valence electrons. The Labute approximate surface area is 152 Å². The van der Waals surface area contributed by atoms with Gasteiger partial charge in [0.15, 0.2) is 6.23 Å². The van der Waals surface area contributed by atoms with E-state index in [1.54, 1.807) is 44.5 Å². The zero-order valence-corrected chi connectivity index (χ0v) is 15.2. The summed E-state index contributed by atoms with van der Waals surface area (Å²) in [5.41, 5.74) is 1.99. The van der Waals surface area contributed by atoms with Gasteiger partial charge in [0.2, 0.25) is 0 Å². The minimum absolute atomic E-state index is 0.208. The zero-order chi connectivity index (χ0) is 18.7. The summed E-state index contributed by atoms with van der Waals surface area (Å²) in [4.78, 5) is 16.1. The Bertz CT molecular complexity index is 796. The molecule has 0 spiro atoms. The molecule has 3 rings (SSSR count). The number of nitrogens with zero attached hydrogens (tertiary/aromatic N) is 2. The lowest BCUT2D eigenvalue weighted by atomic mass is 10.0. The molecular weight excluding hydrogens is 335 g/mol. The van der Waals surface area contributed by atoms with E-state index in [0.717, 1.165) is 19.4 Å². The van der Waals surface area contributed by atoms with Crippen molar-refractivity contribution in [1.29, 1.82) is 0 Å². The molecule has 0 unspecified atom stereocenters. The van der Waals surface area contributed by atoms with E-state index in [4.69, 9.17) is 9.47 Å². The number of hydrogen-bond acceptors (Lipinski definition) is 4. The molecular formula is C20H23FN2O3. The summed E-state index contributed by atoms with van der Waals surface area (Å²) < 4.78 is 24.6. The lowest BCUT2D eigenvalue weighted by Crippen LogP contribution is -2.36. The first-order valence-electron chi connectivity index (χ1n) is 8.58. The highest BCUT2D eigenvalue weighted by Crippen LogP contribution is 2.34. The predicted molar refractivity (Wildman–Crippen MR) is 98.9 cm³/mol. The van der Waals surface area contributed by atoms with E-state index in [0.29, 0.717) is 22.6 Å². The molecule has 1 aliphatic heterocycles. The third-order valence-electron chi connectivity index (χ3n) is 4.66. The van der Waals surface area contributed by atoms with Crippen LogP contribution in [0.3, 0.4) is 0 Å². The molecule has 5 nitrogen and oxygen atoms in total. The van der Waals surface area contributed by atoms with Crippen molar-refractivity contribution in [1.82, 2.24) is 4.90 Å². The van der Waals surface area contributed by atoms with Gasteiger partial charge in [-0.25, -0.2) is 9.18 Å². The maximum absolute atomic E-state index is 13.7. The first kappa shape index (κ1) is 18.2. The fourth-order valence-corrected chi connectivity index (χ4v) is 3.14. The lowest BCUT2D eigenvalue weighted by Gasteiger charge is -2.25. The maximum atomic E-state index is 13.7. The van der Waals surface area contributed by atoms with Crippen LogP contribution in [-0.2, 0) is 4.74 Å². The van der Waals surface area contributed by atoms with Crippen molar-refractivity contribution in [2.24, 2.45) is 0 Å². The van der Waals surface area contributed by atoms with Gasteiger partial charge < -0.3 is 9.47 Å². The van der Waals surface area contributed by atoms with Gasteiger partial charge in [-0.15, -0.1) is 0 Å². The third kappa shape index (κ3) is 3.80. The summed E-state index contributed by atoms with van der Waals surface area (Å²) in [6.07, 6.45) is 1.19. The molecule has 0 saturated carbocycles. The van der Waals surface area contributed by atoms with Gasteiger partial charge in [-0.3, -0.25) is 9.80 Å². The number of amides is 1. The Balaban J connectivity index is 1.91. The fraction of sp³-hybridized carbons (Fsp3) is 0.350. The minimum atomic E-state index is -0.438. The second-order valence-electron chi connectivity index (χ2n) is 6.41. The molecule has 6 heteroatoms. The molecule has 1 saturated heterocycles. The molecule has 0 radical (unpaired) electrons. The molecule has 2 aromatic rings. The summed E-state index contributed by atoms with van der Waals surface area (Å²) in [5, 5.41) is 0. The molecule has 1 amide bonds. The molecule has 0 bridgehead atoms. The number of anilines is 1. The smallest absolute Gasteiger partial charge is 0.415 e. The number of benzene rings is 2. The molecule has 1 heterocycles. The Morgan fingerprint density at radius 2 is 2.08 bits per heavy atom. The number of carbonyl (C=O) groups is 1. The van der Waals surface area contributed by atoms with E-state index >= 15 is 0 Å². The number of methoxy groups -OCH3 is 1. The van der Waals surface area contributed by atoms with Gasteiger partial charge in [0, 0.05) is 19.2 Å². The number of rotatable bonds is 4. The fourth-order valence-electron chi connectivity index (χ4n) is 3.14. The van der Waals surface area contributed by atoms with Crippen LogP contribution in [0.1, 0.15) is 12.8 Å². The zero-order valence-electron chi connectivity index (χ0n) is 15.2. The molecule has 0 N–H and O–H groups in total. The Hall–Kier alpha value is -2.60. The average molecular weight is 358 g/mol. The molecule has 26 heavy (non-hydrogen) atoms. The number of carbonyl (C=O) groups excluding carboxylic acids is 1. The van der Waals surface area contributed by atoms with E-state index in [-0.39, 0.29) is 12.0 Å². The van der Waals surface area contributed by atoms with E-state index < -0.39 is 6.09 Å². The number of hydrogen-bond donors (Lipinski definition) is 0. The van der Waals surface area contributed by atoms with Crippen molar-refractivity contribution >= 4 is 11.8 Å². The van der Waals surface area contributed by atoms with Gasteiger partial charge >= 0.3 is 6.09 Å². The highest BCUT2D eigenvalue weighted by Gasteiger charge is 2.27. The van der Waals surface area contributed by atoms with Gasteiger partial charge in [0.05, 0.1) is 12.8 Å². The highest BCUT2D eigenvalue weighted by atomic mass is 19.1. The normalized spacial score (nSPS) is 17.2. The van der Waals surface area contributed by atoms with Gasteiger partial charge in [0.25, 0.3) is 0 Å². The molecule has 1 atom stereocenters. The highest BCUT2D eigenvalue weighted by molar-refractivity contribution is 5.93. The Morgan fingerprint density at radius 1 is 1.27 bits per heavy atom. The van der Waals surface area contributed by atoms with Crippen molar-refractivity contribution in [2.45, 2.75) is 19.1 Å². The Kier molecular flexibility index (Phi) is 5.42. The van der Waals surface area contributed by atoms with Crippen molar-refractivity contribution in [2.75, 3.05) is 32.6 Å². The molecule has 2 aromatic carbocycles. The van der Waals surface area contributed by atoms with Gasteiger partial charge in [-0.05, 0) is 55.8 Å². The predicted octanol–water partition coefficient (Wildman–Crippen LogP) is 4.13. The second-order valence-corrected chi connectivity index (χ2v) is 6.41. The van der Waals surface area contributed by atoms with Crippen LogP contribution in [0.5, 0.6) is 5.75 Å². The standard InChI is InChI=1S/C20H23FN2O3/c1-22-11-5-8-19(22)26-20(24)23(2)18-10-9-16(25-3)13-17(18)14-6-4-7-15(21)12-14/h4,6-7,9-10,12-13,19H,5,8,11H2,1-3H3/t19-/m0/s1. The van der Waals surface area contributed by atoms with E-state index in [1.165, 1.54) is 17.0 Å². The van der Waals surface area contributed by atoms with E-state index in [1.807, 2.05) is 11.9 Å². The number of ether oxygens (including phenoxy) is 2. The molecule has 1 fully saturated rings. The molecule has 1 aliphatic rings. The van der Waals surface area contributed by atoms with Crippen LogP contribution in [-0.4, -0.2) is 45.0 Å². The van der Waals surface area contributed by atoms with E-state index in [2.05, 4.69) is 0 Å². The Morgan fingerprint density at radius 3 is 2.73 bits per heavy atom. The van der Waals surface area contributed by atoms with Crippen molar-refractivity contribution < 1.29 is 18.7 Å². The molecule has 0 aliphatic carbocycles. The second kappa shape index (κ2) is 7.74. The van der Waals surface area contributed by atoms with Crippen molar-refractivity contribution in [3.05, 3.63) is 48.3 Å². The summed E-state index contributed by atoms with van der Waals surface area (Å²) in [6.45, 7) is 0.915. The largest absolute Gasteiger partial charge is 0.497 e. The summed E-state index contributed by atoms with van der Waals surface area (Å²) in [6, 6.07) is 11.6. The quantitative estimate of drug-likeness (QED) is 0.824. The van der Waals surface area contributed by atoms with Crippen LogP contribution in [0.25, 0.3) is 11.1 Å². The summed E-state index contributed by atoms with van der Waals surface area (Å²) >= 11 is 0. The maximum Gasteiger partial charge on any atom is 0.415 e. The average Bonchev–Trinajstić information content (AvgIpc) is 3.05. The van der Waals surface area contributed by atoms with Crippen LogP contribution in [0, 0.1) is 5.82 Å².